The zero-order valence-electron chi connectivity index (χ0n) is 12.1. The summed E-state index contributed by atoms with van der Waals surface area (Å²) >= 11 is 0. The predicted octanol–water partition coefficient (Wildman–Crippen LogP) is 3.70. The molecule has 0 atom stereocenters. The number of anilines is 1. The summed E-state index contributed by atoms with van der Waals surface area (Å²) in [5, 5.41) is 1.83. The first-order valence-electron chi connectivity index (χ1n) is 7.15. The van der Waals surface area contributed by atoms with Crippen LogP contribution in [0.4, 0.5) is 5.69 Å². The van der Waals surface area contributed by atoms with E-state index < -0.39 is 0 Å². The van der Waals surface area contributed by atoms with E-state index >= 15 is 0 Å². The number of aromatic nitrogens is 2. The molecule has 0 saturated carbocycles. The van der Waals surface area contributed by atoms with Gasteiger partial charge in [0, 0.05) is 33.7 Å². The fourth-order valence-electron chi connectivity index (χ4n) is 3.05. The van der Waals surface area contributed by atoms with Gasteiger partial charge in [-0.25, -0.2) is 0 Å². The number of carbonyl (C=O) groups is 1. The lowest BCUT2D eigenvalue weighted by Crippen LogP contribution is -2.14. The second kappa shape index (κ2) is 4.49. The van der Waals surface area contributed by atoms with Crippen LogP contribution in [0.3, 0.4) is 0 Å². The molecule has 0 unspecified atom stereocenters. The van der Waals surface area contributed by atoms with Crippen LogP contribution in [0.1, 0.15) is 16.1 Å². The number of fused-ring (bicyclic) bond motifs is 2. The number of hydrogen-bond acceptors (Lipinski definition) is 2. The maximum absolute atomic E-state index is 13.1. The number of H-pyrrole nitrogens is 1. The number of nitrogens with zero attached hydrogens (tertiary/aromatic N) is 1. The number of aromatic amines is 1. The Morgan fingerprint density at radius 2 is 1.86 bits per heavy atom. The lowest BCUT2D eigenvalue weighted by Gasteiger charge is -2.08. The van der Waals surface area contributed by atoms with Crippen LogP contribution in [0.2, 0.25) is 0 Å². The van der Waals surface area contributed by atoms with Gasteiger partial charge in [-0.05, 0) is 31.2 Å². The van der Waals surface area contributed by atoms with Gasteiger partial charge in [-0.1, -0.05) is 24.3 Å². The van der Waals surface area contributed by atoms with Crippen LogP contribution in [0.15, 0.2) is 54.7 Å². The fourth-order valence-corrected chi connectivity index (χ4v) is 3.05. The summed E-state index contributed by atoms with van der Waals surface area (Å²) < 4.78 is 1.70. The van der Waals surface area contributed by atoms with Crippen LogP contribution in [0.5, 0.6) is 0 Å². The van der Waals surface area contributed by atoms with Crippen LogP contribution in [0, 0.1) is 6.92 Å². The summed E-state index contributed by atoms with van der Waals surface area (Å²) in [5.41, 5.74) is 10.1. The van der Waals surface area contributed by atoms with Crippen molar-refractivity contribution in [3.8, 4) is 0 Å². The van der Waals surface area contributed by atoms with Crippen LogP contribution in [-0.2, 0) is 0 Å². The average molecular weight is 289 g/mol. The average Bonchev–Trinajstić information content (AvgIpc) is 3.11. The standard InChI is InChI=1S/C18H15N3O/c1-11-17(19)14-5-2-3-8-16(14)21(11)18(22)13-6-4-7-15-12(13)9-10-20-15/h2-10,20H,19H2,1H3. The fraction of sp³-hybridized carbons (Fsp3) is 0.0556. The quantitative estimate of drug-likeness (QED) is 0.561. The number of nitrogens with one attached hydrogen (secondary N) is 1. The van der Waals surface area contributed by atoms with Gasteiger partial charge in [-0.2, -0.15) is 0 Å². The zero-order valence-corrected chi connectivity index (χ0v) is 12.1. The first-order valence-corrected chi connectivity index (χ1v) is 7.15. The van der Waals surface area contributed by atoms with Crippen molar-refractivity contribution in [3.63, 3.8) is 0 Å². The predicted molar refractivity (Wildman–Crippen MR) is 89.1 cm³/mol. The molecule has 4 aromatic rings. The molecule has 22 heavy (non-hydrogen) atoms. The molecule has 0 saturated heterocycles. The molecule has 2 aromatic heterocycles. The summed E-state index contributed by atoms with van der Waals surface area (Å²) in [6.07, 6.45) is 1.84. The molecule has 0 amide bonds. The van der Waals surface area contributed by atoms with Crippen molar-refractivity contribution in [2.24, 2.45) is 0 Å². The van der Waals surface area contributed by atoms with Crippen molar-refractivity contribution in [2.45, 2.75) is 6.92 Å². The van der Waals surface area contributed by atoms with E-state index in [0.29, 0.717) is 11.3 Å². The number of rotatable bonds is 1. The van der Waals surface area contributed by atoms with Gasteiger partial charge < -0.3 is 10.7 Å². The summed E-state index contributed by atoms with van der Waals surface area (Å²) in [6, 6.07) is 15.3. The van der Waals surface area contributed by atoms with E-state index in [1.54, 1.807) is 4.57 Å². The Bertz CT molecular complexity index is 1020. The van der Waals surface area contributed by atoms with Crippen molar-refractivity contribution >= 4 is 33.4 Å². The molecule has 0 fully saturated rings. The van der Waals surface area contributed by atoms with Gasteiger partial charge >= 0.3 is 0 Å². The molecule has 0 aliphatic rings. The zero-order chi connectivity index (χ0) is 15.3. The Kier molecular flexibility index (Phi) is 2.60. The van der Waals surface area contributed by atoms with Crippen molar-refractivity contribution in [3.05, 3.63) is 66.0 Å². The Morgan fingerprint density at radius 3 is 2.73 bits per heavy atom. The Labute approximate surface area is 127 Å². The third kappa shape index (κ3) is 1.61. The van der Waals surface area contributed by atoms with Crippen LogP contribution < -0.4 is 5.73 Å². The molecule has 4 nitrogen and oxygen atoms in total. The van der Waals surface area contributed by atoms with Crippen LogP contribution in [-0.4, -0.2) is 15.5 Å². The minimum atomic E-state index is -0.0596. The summed E-state index contributed by atoms with van der Waals surface area (Å²) in [7, 11) is 0. The number of nitrogens with two attached hydrogens (primary N) is 1. The number of para-hydroxylation sites is 1. The Balaban J connectivity index is 2.02. The number of carbonyl (C=O) groups excluding carboxylic acids is 1. The topological polar surface area (TPSA) is 63.8 Å². The maximum atomic E-state index is 13.1. The Morgan fingerprint density at radius 1 is 1.05 bits per heavy atom. The smallest absolute Gasteiger partial charge is 0.263 e. The number of nitrogen functional groups attached to an aromatic ring is 1. The Hall–Kier alpha value is -3.01. The maximum Gasteiger partial charge on any atom is 0.263 e. The van der Waals surface area contributed by atoms with Crippen LogP contribution >= 0.6 is 0 Å². The molecule has 2 aromatic carbocycles. The molecule has 3 N–H and O–H groups in total. The minimum absolute atomic E-state index is 0.0596. The van der Waals surface area contributed by atoms with Crippen molar-refractivity contribution < 1.29 is 4.79 Å². The van der Waals surface area contributed by atoms with Crippen molar-refractivity contribution in [1.82, 2.24) is 9.55 Å². The highest BCUT2D eigenvalue weighted by atomic mass is 16.2. The highest BCUT2D eigenvalue weighted by Gasteiger charge is 2.19. The number of benzene rings is 2. The third-order valence-electron chi connectivity index (χ3n) is 4.19. The molecule has 0 aliphatic carbocycles. The highest BCUT2D eigenvalue weighted by Crippen LogP contribution is 2.29. The normalized spacial score (nSPS) is 11.3. The van der Waals surface area contributed by atoms with E-state index in [1.165, 1.54) is 0 Å². The monoisotopic (exact) mass is 289 g/mol. The summed E-state index contributed by atoms with van der Waals surface area (Å²) in [5.74, 6) is -0.0596. The molecule has 0 aliphatic heterocycles. The van der Waals surface area contributed by atoms with E-state index in [4.69, 9.17) is 5.73 Å². The van der Waals surface area contributed by atoms with Crippen molar-refractivity contribution in [1.29, 1.82) is 0 Å². The van der Waals surface area contributed by atoms with Crippen LogP contribution in [0.25, 0.3) is 21.8 Å². The van der Waals surface area contributed by atoms with Gasteiger partial charge in [0.25, 0.3) is 5.91 Å². The molecule has 0 spiro atoms. The van der Waals surface area contributed by atoms with Gasteiger partial charge in [-0.3, -0.25) is 9.36 Å². The third-order valence-corrected chi connectivity index (χ3v) is 4.19. The lowest BCUT2D eigenvalue weighted by molar-refractivity contribution is 0.0965. The second-order valence-electron chi connectivity index (χ2n) is 5.40. The molecule has 108 valence electrons. The SMILES string of the molecule is Cc1c(N)c2ccccc2n1C(=O)c1cccc2[nH]ccc12. The molecule has 4 heteroatoms. The van der Waals surface area contributed by atoms with E-state index in [0.717, 1.165) is 27.5 Å². The van der Waals surface area contributed by atoms with E-state index in [1.807, 2.05) is 61.7 Å². The van der Waals surface area contributed by atoms with E-state index in [2.05, 4.69) is 4.98 Å². The molecule has 0 radical (unpaired) electrons. The van der Waals surface area contributed by atoms with Gasteiger partial charge in [0.05, 0.1) is 11.2 Å². The van der Waals surface area contributed by atoms with Gasteiger partial charge in [0.1, 0.15) is 0 Å². The second-order valence-corrected chi connectivity index (χ2v) is 5.40. The molecule has 2 heterocycles. The molecular formula is C18H15N3O. The van der Waals surface area contributed by atoms with Gasteiger partial charge in [0.15, 0.2) is 0 Å². The summed E-state index contributed by atoms with van der Waals surface area (Å²) in [6.45, 7) is 1.88. The largest absolute Gasteiger partial charge is 0.397 e. The molecular weight excluding hydrogens is 274 g/mol. The lowest BCUT2D eigenvalue weighted by atomic mass is 10.1. The van der Waals surface area contributed by atoms with Crippen molar-refractivity contribution in [2.75, 3.05) is 5.73 Å². The first-order chi connectivity index (χ1) is 10.7. The van der Waals surface area contributed by atoms with E-state index in [9.17, 15) is 4.79 Å². The van der Waals surface area contributed by atoms with Gasteiger partial charge in [0.2, 0.25) is 0 Å². The summed E-state index contributed by atoms with van der Waals surface area (Å²) in [4.78, 5) is 16.2. The number of hydrogen-bond donors (Lipinski definition) is 2. The minimum Gasteiger partial charge on any atom is -0.397 e. The highest BCUT2D eigenvalue weighted by molar-refractivity contribution is 6.12. The molecule has 0 bridgehead atoms. The van der Waals surface area contributed by atoms with Gasteiger partial charge in [-0.15, -0.1) is 0 Å². The molecule has 4 rings (SSSR count). The van der Waals surface area contributed by atoms with E-state index in [-0.39, 0.29) is 5.91 Å². The first kappa shape index (κ1) is 12.7.